The van der Waals surface area contributed by atoms with Crippen molar-refractivity contribution in [3.05, 3.63) is 59.7 Å². The summed E-state index contributed by atoms with van der Waals surface area (Å²) in [6.07, 6.45) is 11.3. The van der Waals surface area contributed by atoms with Gasteiger partial charge >= 0.3 is 0 Å². The zero-order valence-electron chi connectivity index (χ0n) is 14.4. The molecule has 0 amide bonds. The van der Waals surface area contributed by atoms with Crippen LogP contribution in [0.5, 0.6) is 0 Å². The van der Waals surface area contributed by atoms with E-state index in [0.29, 0.717) is 0 Å². The average Bonchev–Trinajstić information content (AvgIpc) is 2.67. The van der Waals surface area contributed by atoms with Gasteiger partial charge in [0.15, 0.2) is 0 Å². The molecule has 0 saturated heterocycles. The van der Waals surface area contributed by atoms with Crippen LogP contribution in [0.2, 0.25) is 0 Å². The number of rotatable bonds is 1. The third kappa shape index (κ3) is 2.27. The molecule has 0 radical (unpaired) electrons. The Kier molecular flexibility index (Phi) is 3.58. The highest BCUT2D eigenvalue weighted by molar-refractivity contribution is 6.08. The van der Waals surface area contributed by atoms with Crippen LogP contribution in [0.15, 0.2) is 48.5 Å². The lowest BCUT2D eigenvalue weighted by molar-refractivity contribution is 0.284. The molecule has 1 atom stereocenters. The highest BCUT2D eigenvalue weighted by Crippen LogP contribution is 2.45. The molecule has 1 unspecified atom stereocenters. The van der Waals surface area contributed by atoms with Crippen LogP contribution < -0.4 is 0 Å². The van der Waals surface area contributed by atoms with E-state index in [1.807, 2.05) is 0 Å². The minimum Gasteiger partial charge on any atom is -0.0616 e. The smallest absolute Gasteiger partial charge is 0.0102 e. The molecule has 1 saturated carbocycles. The van der Waals surface area contributed by atoms with Crippen molar-refractivity contribution in [1.29, 1.82) is 0 Å². The van der Waals surface area contributed by atoms with Gasteiger partial charge in [0.05, 0.1) is 0 Å². The summed E-state index contributed by atoms with van der Waals surface area (Å²) in [4.78, 5) is 0. The van der Waals surface area contributed by atoms with E-state index in [9.17, 15) is 0 Å². The molecule has 2 aliphatic carbocycles. The second kappa shape index (κ2) is 5.92. The first-order chi connectivity index (χ1) is 11.9. The third-order valence-corrected chi connectivity index (χ3v) is 6.63. The lowest BCUT2D eigenvalue weighted by Gasteiger charge is -2.35. The first-order valence-electron chi connectivity index (χ1n) is 9.85. The summed E-state index contributed by atoms with van der Waals surface area (Å²) >= 11 is 0. The van der Waals surface area contributed by atoms with Crippen LogP contribution >= 0.6 is 0 Å². The maximum Gasteiger partial charge on any atom is -0.0102 e. The van der Waals surface area contributed by atoms with Crippen molar-refractivity contribution in [1.82, 2.24) is 0 Å². The van der Waals surface area contributed by atoms with Crippen molar-refractivity contribution in [2.45, 2.75) is 57.3 Å². The molecular formula is C24H26. The maximum absolute atomic E-state index is 2.49. The van der Waals surface area contributed by atoms with E-state index in [1.165, 1.54) is 72.9 Å². The highest BCUT2D eigenvalue weighted by Gasteiger charge is 2.29. The number of aryl methyl sites for hydroxylation is 1. The Hall–Kier alpha value is -1.82. The minimum atomic E-state index is 0.824. The largest absolute Gasteiger partial charge is 0.0616 e. The molecule has 1 fully saturated rings. The summed E-state index contributed by atoms with van der Waals surface area (Å²) in [6.45, 7) is 0. The van der Waals surface area contributed by atoms with Crippen LogP contribution in [0.25, 0.3) is 21.5 Å². The maximum atomic E-state index is 2.49. The number of hydrogen-bond donors (Lipinski definition) is 0. The van der Waals surface area contributed by atoms with E-state index >= 15 is 0 Å². The molecule has 5 rings (SSSR count). The molecule has 2 aliphatic rings. The normalized spacial score (nSPS) is 21.9. The van der Waals surface area contributed by atoms with Gasteiger partial charge in [0.25, 0.3) is 0 Å². The zero-order valence-corrected chi connectivity index (χ0v) is 14.4. The highest BCUT2D eigenvalue weighted by atomic mass is 14.3. The van der Waals surface area contributed by atoms with E-state index in [1.54, 1.807) is 11.1 Å². The second-order valence-corrected chi connectivity index (χ2v) is 7.91. The number of hydrogen-bond acceptors (Lipinski definition) is 0. The molecule has 0 nitrogen and oxygen atoms in total. The van der Waals surface area contributed by atoms with Gasteiger partial charge < -0.3 is 0 Å². The summed E-state index contributed by atoms with van der Waals surface area (Å²) < 4.78 is 0. The molecule has 0 bridgehead atoms. The van der Waals surface area contributed by atoms with Crippen molar-refractivity contribution in [3.8, 4) is 0 Å². The van der Waals surface area contributed by atoms with Crippen LogP contribution in [0.1, 0.15) is 62.0 Å². The second-order valence-electron chi connectivity index (χ2n) is 7.91. The standard InChI is InChI=1S/C24H26/c1-2-7-17(8-3-1)20-11-6-12-21-22(20)15-16-23-19-10-5-4-9-18(19)13-14-24(21)23/h4-5,9-10,13-17,20H,1-3,6-8,11-12H2. The Morgan fingerprint density at radius 3 is 2.38 bits per heavy atom. The molecule has 3 aromatic rings. The third-order valence-electron chi connectivity index (χ3n) is 6.63. The summed E-state index contributed by atoms with van der Waals surface area (Å²) in [7, 11) is 0. The zero-order chi connectivity index (χ0) is 15.9. The summed E-state index contributed by atoms with van der Waals surface area (Å²) in [6, 6.07) is 18.4. The number of benzene rings is 3. The summed E-state index contributed by atoms with van der Waals surface area (Å²) in [5, 5.41) is 5.75. The predicted molar refractivity (Wildman–Crippen MR) is 104 cm³/mol. The van der Waals surface area contributed by atoms with Crippen molar-refractivity contribution >= 4 is 21.5 Å². The van der Waals surface area contributed by atoms with Gasteiger partial charge in [0, 0.05) is 0 Å². The van der Waals surface area contributed by atoms with Gasteiger partial charge in [-0.05, 0) is 76.6 Å². The molecule has 0 aliphatic heterocycles. The molecule has 122 valence electrons. The Bertz CT molecular complexity index is 883. The Morgan fingerprint density at radius 1 is 0.625 bits per heavy atom. The van der Waals surface area contributed by atoms with Crippen LogP contribution in [0.4, 0.5) is 0 Å². The molecule has 0 N–H and O–H groups in total. The molecule has 0 heterocycles. The van der Waals surface area contributed by atoms with E-state index in [0.717, 1.165) is 11.8 Å². The lowest BCUT2D eigenvalue weighted by Crippen LogP contribution is -2.21. The van der Waals surface area contributed by atoms with Crippen LogP contribution in [-0.2, 0) is 6.42 Å². The number of fused-ring (bicyclic) bond motifs is 5. The monoisotopic (exact) mass is 314 g/mol. The van der Waals surface area contributed by atoms with Gasteiger partial charge in [-0.2, -0.15) is 0 Å². The SMILES string of the molecule is c1ccc2c(c1)ccc1c3c(ccc12)C(C1CCCCC1)CCC3. The molecule has 3 aromatic carbocycles. The molecular weight excluding hydrogens is 288 g/mol. The molecule has 0 heteroatoms. The molecule has 24 heavy (non-hydrogen) atoms. The minimum absolute atomic E-state index is 0.824. The first kappa shape index (κ1) is 14.5. The summed E-state index contributed by atoms with van der Waals surface area (Å²) in [5.41, 5.74) is 3.36. The van der Waals surface area contributed by atoms with Gasteiger partial charge in [-0.15, -0.1) is 0 Å². The predicted octanol–water partition coefficient (Wildman–Crippen LogP) is 6.99. The van der Waals surface area contributed by atoms with E-state index in [-0.39, 0.29) is 0 Å². The summed E-state index contributed by atoms with van der Waals surface area (Å²) in [5.74, 6) is 1.76. The van der Waals surface area contributed by atoms with Gasteiger partial charge in [-0.1, -0.05) is 67.8 Å². The van der Waals surface area contributed by atoms with Gasteiger partial charge in [-0.25, -0.2) is 0 Å². The Balaban J connectivity index is 1.68. The van der Waals surface area contributed by atoms with Crippen molar-refractivity contribution in [2.24, 2.45) is 5.92 Å². The van der Waals surface area contributed by atoms with Crippen LogP contribution in [0.3, 0.4) is 0 Å². The van der Waals surface area contributed by atoms with Crippen molar-refractivity contribution in [2.75, 3.05) is 0 Å². The van der Waals surface area contributed by atoms with Gasteiger partial charge in [0.1, 0.15) is 0 Å². The van der Waals surface area contributed by atoms with Gasteiger partial charge in [-0.3, -0.25) is 0 Å². The van der Waals surface area contributed by atoms with E-state index in [4.69, 9.17) is 0 Å². The van der Waals surface area contributed by atoms with E-state index in [2.05, 4.69) is 48.5 Å². The first-order valence-corrected chi connectivity index (χ1v) is 9.85. The molecule has 0 spiro atoms. The van der Waals surface area contributed by atoms with Crippen LogP contribution in [0, 0.1) is 5.92 Å². The fourth-order valence-corrected chi connectivity index (χ4v) is 5.47. The van der Waals surface area contributed by atoms with Crippen LogP contribution in [-0.4, -0.2) is 0 Å². The quantitative estimate of drug-likeness (QED) is 0.424. The Labute approximate surface area is 144 Å². The lowest BCUT2D eigenvalue weighted by atomic mass is 9.70. The topological polar surface area (TPSA) is 0 Å². The fourth-order valence-electron chi connectivity index (χ4n) is 5.47. The van der Waals surface area contributed by atoms with Crippen molar-refractivity contribution in [3.63, 3.8) is 0 Å². The molecule has 0 aromatic heterocycles. The van der Waals surface area contributed by atoms with Gasteiger partial charge in [0.2, 0.25) is 0 Å². The fraction of sp³-hybridized carbons (Fsp3) is 0.417. The van der Waals surface area contributed by atoms with E-state index < -0.39 is 0 Å². The average molecular weight is 314 g/mol. The Morgan fingerprint density at radius 2 is 1.46 bits per heavy atom. The van der Waals surface area contributed by atoms with Crippen molar-refractivity contribution < 1.29 is 0 Å².